The van der Waals surface area contributed by atoms with Crippen LogP contribution in [0.1, 0.15) is 20.3 Å². The maximum atomic E-state index is 11.2. The number of nitrogens with one attached hydrogen (secondary N) is 3. The minimum Gasteiger partial charge on any atom is -0.464 e. The van der Waals surface area contributed by atoms with Crippen LogP contribution in [0.15, 0.2) is 0 Å². The van der Waals surface area contributed by atoms with Crippen molar-refractivity contribution in [1.29, 1.82) is 0 Å². The molecule has 0 aromatic rings. The maximum absolute atomic E-state index is 11.2. The Morgan fingerprint density at radius 1 is 0.889 bits per heavy atom. The Balaban J connectivity index is 3.26. The van der Waals surface area contributed by atoms with E-state index in [1.807, 2.05) is 0 Å². The predicted octanol–water partition coefficient (Wildman–Crippen LogP) is -1.22. The molecule has 0 saturated carbocycles. The van der Waals surface area contributed by atoms with Crippen molar-refractivity contribution in [2.24, 2.45) is 0 Å². The summed E-state index contributed by atoms with van der Waals surface area (Å²) >= 11 is 0. The SMILES string of the molecule is CC(=O)NCCNCCC(=O)OCCNC(C)=O. The zero-order valence-corrected chi connectivity index (χ0v) is 10.9. The Bertz CT molecular complexity index is 281. The van der Waals surface area contributed by atoms with Gasteiger partial charge in [-0.3, -0.25) is 14.4 Å². The fraction of sp³-hybridized carbons (Fsp3) is 0.727. The van der Waals surface area contributed by atoms with Gasteiger partial charge in [-0.1, -0.05) is 0 Å². The van der Waals surface area contributed by atoms with Gasteiger partial charge in [0.25, 0.3) is 0 Å². The summed E-state index contributed by atoms with van der Waals surface area (Å²) in [7, 11) is 0. The molecule has 0 aliphatic carbocycles. The Hall–Kier alpha value is -1.63. The van der Waals surface area contributed by atoms with Crippen LogP contribution in [-0.4, -0.2) is 50.6 Å². The summed E-state index contributed by atoms with van der Waals surface area (Å²) in [6, 6.07) is 0. The van der Waals surface area contributed by atoms with Crippen molar-refractivity contribution in [2.75, 3.05) is 32.8 Å². The van der Waals surface area contributed by atoms with Gasteiger partial charge < -0.3 is 20.7 Å². The molecule has 0 aliphatic rings. The van der Waals surface area contributed by atoms with Crippen LogP contribution in [0.3, 0.4) is 0 Å². The Kier molecular flexibility index (Phi) is 9.57. The summed E-state index contributed by atoms with van der Waals surface area (Å²) in [6.45, 7) is 5.01. The third-order valence-electron chi connectivity index (χ3n) is 1.92. The van der Waals surface area contributed by atoms with Crippen LogP contribution in [0.2, 0.25) is 0 Å². The lowest BCUT2D eigenvalue weighted by atomic mass is 10.4. The van der Waals surface area contributed by atoms with Crippen LogP contribution in [0.25, 0.3) is 0 Å². The lowest BCUT2D eigenvalue weighted by Crippen LogP contribution is -2.31. The summed E-state index contributed by atoms with van der Waals surface area (Å²) in [5.41, 5.74) is 0. The van der Waals surface area contributed by atoms with Crippen molar-refractivity contribution in [2.45, 2.75) is 20.3 Å². The number of esters is 1. The van der Waals surface area contributed by atoms with Gasteiger partial charge in [-0.05, 0) is 0 Å². The monoisotopic (exact) mass is 259 g/mol. The molecule has 0 saturated heterocycles. The Labute approximate surface area is 107 Å². The van der Waals surface area contributed by atoms with E-state index in [-0.39, 0.29) is 30.8 Å². The minimum atomic E-state index is -0.313. The fourth-order valence-electron chi connectivity index (χ4n) is 1.11. The number of hydrogen-bond acceptors (Lipinski definition) is 5. The number of carbonyl (C=O) groups is 3. The first-order valence-corrected chi connectivity index (χ1v) is 5.87. The molecule has 3 N–H and O–H groups in total. The zero-order chi connectivity index (χ0) is 13.8. The van der Waals surface area contributed by atoms with Crippen LogP contribution in [-0.2, 0) is 19.1 Å². The van der Waals surface area contributed by atoms with E-state index in [9.17, 15) is 14.4 Å². The van der Waals surface area contributed by atoms with Crippen molar-refractivity contribution in [3.8, 4) is 0 Å². The molecule has 0 fully saturated rings. The highest BCUT2D eigenvalue weighted by Gasteiger charge is 2.02. The highest BCUT2D eigenvalue weighted by Crippen LogP contribution is 1.84. The Morgan fingerprint density at radius 2 is 1.50 bits per heavy atom. The lowest BCUT2D eigenvalue weighted by Gasteiger charge is -2.06. The molecule has 0 atom stereocenters. The molecule has 0 aromatic carbocycles. The molecule has 104 valence electrons. The van der Waals surface area contributed by atoms with Crippen LogP contribution in [0, 0.1) is 0 Å². The molecule has 0 bridgehead atoms. The third-order valence-corrected chi connectivity index (χ3v) is 1.92. The van der Waals surface area contributed by atoms with E-state index < -0.39 is 0 Å². The normalized spacial score (nSPS) is 9.67. The smallest absolute Gasteiger partial charge is 0.307 e. The number of hydrogen-bond donors (Lipinski definition) is 3. The minimum absolute atomic E-state index is 0.0748. The van der Waals surface area contributed by atoms with Crippen LogP contribution >= 0.6 is 0 Å². The standard InChI is InChI=1S/C11H21N3O4/c1-9(15)13-6-5-12-4-3-11(17)18-8-7-14-10(2)16/h12H,3-8H2,1-2H3,(H,13,15)(H,14,16). The number of rotatable bonds is 9. The van der Waals surface area contributed by atoms with Gasteiger partial charge in [-0.2, -0.15) is 0 Å². The molecular formula is C11H21N3O4. The second-order valence-electron chi connectivity index (χ2n) is 3.69. The molecule has 0 spiro atoms. The van der Waals surface area contributed by atoms with Gasteiger partial charge in [0.05, 0.1) is 13.0 Å². The van der Waals surface area contributed by atoms with Crippen LogP contribution in [0.4, 0.5) is 0 Å². The van der Waals surface area contributed by atoms with Gasteiger partial charge in [0.1, 0.15) is 6.61 Å². The summed E-state index contributed by atoms with van der Waals surface area (Å²) in [5, 5.41) is 8.15. The molecule has 7 nitrogen and oxygen atoms in total. The van der Waals surface area contributed by atoms with Gasteiger partial charge in [-0.15, -0.1) is 0 Å². The average Bonchev–Trinajstić information content (AvgIpc) is 2.28. The molecule has 0 heterocycles. The second-order valence-corrected chi connectivity index (χ2v) is 3.69. The lowest BCUT2D eigenvalue weighted by molar-refractivity contribution is -0.143. The van der Waals surface area contributed by atoms with E-state index in [4.69, 9.17) is 4.74 Å². The molecule has 0 radical (unpaired) electrons. The van der Waals surface area contributed by atoms with Gasteiger partial charge in [0.2, 0.25) is 11.8 Å². The van der Waals surface area contributed by atoms with Crippen molar-refractivity contribution >= 4 is 17.8 Å². The largest absolute Gasteiger partial charge is 0.464 e. The quantitative estimate of drug-likeness (QED) is 0.356. The second kappa shape index (κ2) is 10.5. The summed E-state index contributed by atoms with van der Waals surface area (Å²) < 4.78 is 4.87. The molecule has 0 unspecified atom stereocenters. The van der Waals surface area contributed by atoms with Crippen LogP contribution in [0.5, 0.6) is 0 Å². The van der Waals surface area contributed by atoms with Crippen molar-refractivity contribution in [3.63, 3.8) is 0 Å². The topological polar surface area (TPSA) is 96.5 Å². The van der Waals surface area contributed by atoms with E-state index in [1.165, 1.54) is 13.8 Å². The van der Waals surface area contributed by atoms with E-state index in [0.717, 1.165) is 0 Å². The van der Waals surface area contributed by atoms with E-state index in [2.05, 4.69) is 16.0 Å². The molecule has 2 amide bonds. The fourth-order valence-corrected chi connectivity index (χ4v) is 1.11. The summed E-state index contributed by atoms with van der Waals surface area (Å²) in [4.78, 5) is 32.2. The highest BCUT2D eigenvalue weighted by molar-refractivity contribution is 5.73. The van der Waals surface area contributed by atoms with Crippen LogP contribution < -0.4 is 16.0 Å². The predicted molar refractivity (Wildman–Crippen MR) is 65.8 cm³/mol. The van der Waals surface area contributed by atoms with E-state index in [0.29, 0.717) is 26.2 Å². The first-order chi connectivity index (χ1) is 8.52. The molecule has 18 heavy (non-hydrogen) atoms. The van der Waals surface area contributed by atoms with Crippen molar-refractivity contribution in [3.05, 3.63) is 0 Å². The van der Waals surface area contributed by atoms with Gasteiger partial charge in [-0.25, -0.2) is 0 Å². The summed E-state index contributed by atoms with van der Waals surface area (Å²) in [6.07, 6.45) is 0.264. The highest BCUT2D eigenvalue weighted by atomic mass is 16.5. The summed E-state index contributed by atoms with van der Waals surface area (Å²) in [5.74, 6) is -0.535. The van der Waals surface area contributed by atoms with E-state index in [1.54, 1.807) is 0 Å². The van der Waals surface area contributed by atoms with Crippen molar-refractivity contribution < 1.29 is 19.1 Å². The first-order valence-electron chi connectivity index (χ1n) is 5.87. The number of carbonyl (C=O) groups excluding carboxylic acids is 3. The molecule has 0 aromatic heterocycles. The Morgan fingerprint density at radius 3 is 2.11 bits per heavy atom. The molecule has 0 aliphatic heterocycles. The molecule has 7 heteroatoms. The number of ether oxygens (including phenoxy) is 1. The first kappa shape index (κ1) is 16.4. The zero-order valence-electron chi connectivity index (χ0n) is 10.9. The third kappa shape index (κ3) is 12.4. The molecule has 0 rings (SSSR count). The van der Waals surface area contributed by atoms with Gasteiger partial charge in [0, 0.05) is 33.5 Å². The van der Waals surface area contributed by atoms with E-state index >= 15 is 0 Å². The maximum Gasteiger partial charge on any atom is 0.307 e. The van der Waals surface area contributed by atoms with Gasteiger partial charge in [0.15, 0.2) is 0 Å². The number of amides is 2. The van der Waals surface area contributed by atoms with Crippen molar-refractivity contribution in [1.82, 2.24) is 16.0 Å². The molecular weight excluding hydrogens is 238 g/mol. The van der Waals surface area contributed by atoms with Gasteiger partial charge >= 0.3 is 5.97 Å². The average molecular weight is 259 g/mol.